The van der Waals surface area contributed by atoms with Gasteiger partial charge < -0.3 is 14.5 Å². The molecular formula is C16H19NO2. The minimum absolute atomic E-state index is 0.678. The van der Waals surface area contributed by atoms with Crippen molar-refractivity contribution >= 4 is 0 Å². The van der Waals surface area contributed by atoms with E-state index >= 15 is 0 Å². The van der Waals surface area contributed by atoms with Gasteiger partial charge in [-0.05, 0) is 38.0 Å². The SMILES string of the molecule is COc1ccc(C)cc1-c1ccoc1CNC1CC1. The van der Waals surface area contributed by atoms with Crippen molar-refractivity contribution in [3.05, 3.63) is 41.9 Å². The van der Waals surface area contributed by atoms with Crippen molar-refractivity contribution in [1.29, 1.82) is 0 Å². The van der Waals surface area contributed by atoms with Crippen LogP contribution in [0.2, 0.25) is 0 Å². The average Bonchev–Trinajstić information content (AvgIpc) is 3.13. The first-order chi connectivity index (χ1) is 9.28. The summed E-state index contributed by atoms with van der Waals surface area (Å²) < 4.78 is 11.1. The Morgan fingerprint density at radius 1 is 1.26 bits per heavy atom. The lowest BCUT2D eigenvalue weighted by Gasteiger charge is -2.10. The Morgan fingerprint density at radius 2 is 2.11 bits per heavy atom. The van der Waals surface area contributed by atoms with E-state index in [4.69, 9.17) is 9.15 Å². The molecule has 3 rings (SSSR count). The first-order valence-corrected chi connectivity index (χ1v) is 6.72. The Balaban J connectivity index is 1.92. The van der Waals surface area contributed by atoms with Gasteiger partial charge in [-0.15, -0.1) is 0 Å². The van der Waals surface area contributed by atoms with Crippen molar-refractivity contribution in [1.82, 2.24) is 5.32 Å². The van der Waals surface area contributed by atoms with Crippen molar-refractivity contribution in [2.24, 2.45) is 0 Å². The fraction of sp³-hybridized carbons (Fsp3) is 0.375. The van der Waals surface area contributed by atoms with Gasteiger partial charge in [0.05, 0.1) is 19.9 Å². The largest absolute Gasteiger partial charge is 0.496 e. The molecule has 1 saturated carbocycles. The summed E-state index contributed by atoms with van der Waals surface area (Å²) in [5, 5.41) is 3.49. The smallest absolute Gasteiger partial charge is 0.126 e. The minimum atomic E-state index is 0.678. The normalized spacial score (nSPS) is 14.6. The molecule has 1 aromatic heterocycles. The van der Waals surface area contributed by atoms with Gasteiger partial charge in [-0.2, -0.15) is 0 Å². The molecule has 3 nitrogen and oxygen atoms in total. The Morgan fingerprint density at radius 3 is 2.84 bits per heavy atom. The van der Waals surface area contributed by atoms with Gasteiger partial charge in [-0.3, -0.25) is 0 Å². The third kappa shape index (κ3) is 2.66. The fourth-order valence-electron chi connectivity index (χ4n) is 2.27. The first kappa shape index (κ1) is 12.3. The predicted octanol–water partition coefficient (Wildman–Crippen LogP) is 3.52. The maximum Gasteiger partial charge on any atom is 0.126 e. The van der Waals surface area contributed by atoms with Gasteiger partial charge in [-0.1, -0.05) is 11.6 Å². The lowest BCUT2D eigenvalue weighted by molar-refractivity contribution is 0.416. The number of furan rings is 1. The molecular weight excluding hydrogens is 238 g/mol. The highest BCUT2D eigenvalue weighted by Gasteiger charge is 2.22. The number of hydrogen-bond acceptors (Lipinski definition) is 3. The van der Waals surface area contributed by atoms with Gasteiger partial charge >= 0.3 is 0 Å². The maximum atomic E-state index is 5.62. The quantitative estimate of drug-likeness (QED) is 0.890. The summed E-state index contributed by atoms with van der Waals surface area (Å²) in [6.07, 6.45) is 4.31. The molecule has 19 heavy (non-hydrogen) atoms. The number of nitrogens with one attached hydrogen (secondary N) is 1. The van der Waals surface area contributed by atoms with E-state index in [1.807, 2.05) is 12.1 Å². The van der Waals surface area contributed by atoms with Crippen molar-refractivity contribution < 1.29 is 9.15 Å². The summed E-state index contributed by atoms with van der Waals surface area (Å²) in [4.78, 5) is 0. The predicted molar refractivity (Wildman–Crippen MR) is 75.3 cm³/mol. The van der Waals surface area contributed by atoms with E-state index in [0.29, 0.717) is 6.04 Å². The summed E-state index contributed by atoms with van der Waals surface area (Å²) in [5.74, 6) is 1.87. The number of hydrogen-bond donors (Lipinski definition) is 1. The summed E-state index contributed by atoms with van der Waals surface area (Å²) >= 11 is 0. The topological polar surface area (TPSA) is 34.4 Å². The van der Waals surface area contributed by atoms with Crippen LogP contribution in [0.15, 0.2) is 34.9 Å². The molecule has 1 heterocycles. The molecule has 0 saturated heterocycles. The lowest BCUT2D eigenvalue weighted by Crippen LogP contribution is -2.15. The van der Waals surface area contributed by atoms with E-state index in [2.05, 4.69) is 24.4 Å². The van der Waals surface area contributed by atoms with Gasteiger partial charge in [0.1, 0.15) is 11.5 Å². The summed E-state index contributed by atoms with van der Waals surface area (Å²) in [6, 6.07) is 8.91. The van der Waals surface area contributed by atoms with Crippen LogP contribution in [-0.4, -0.2) is 13.2 Å². The van der Waals surface area contributed by atoms with Crippen molar-refractivity contribution in [3.8, 4) is 16.9 Å². The zero-order valence-corrected chi connectivity index (χ0v) is 11.4. The molecule has 100 valence electrons. The molecule has 1 aliphatic carbocycles. The van der Waals surface area contributed by atoms with E-state index in [1.54, 1.807) is 13.4 Å². The van der Waals surface area contributed by atoms with Gasteiger partial charge in [0, 0.05) is 17.2 Å². The van der Waals surface area contributed by atoms with Gasteiger partial charge in [-0.25, -0.2) is 0 Å². The lowest BCUT2D eigenvalue weighted by atomic mass is 10.0. The second-order valence-corrected chi connectivity index (χ2v) is 5.12. The molecule has 0 spiro atoms. The highest BCUT2D eigenvalue weighted by atomic mass is 16.5. The van der Waals surface area contributed by atoms with E-state index in [-0.39, 0.29) is 0 Å². The number of methoxy groups -OCH3 is 1. The summed E-state index contributed by atoms with van der Waals surface area (Å²) in [5.41, 5.74) is 3.44. The summed E-state index contributed by atoms with van der Waals surface area (Å²) in [6.45, 7) is 2.87. The molecule has 2 aromatic rings. The Hall–Kier alpha value is -1.74. The van der Waals surface area contributed by atoms with E-state index in [1.165, 1.54) is 18.4 Å². The highest BCUT2D eigenvalue weighted by Crippen LogP contribution is 2.34. The highest BCUT2D eigenvalue weighted by molar-refractivity contribution is 5.72. The maximum absolute atomic E-state index is 5.62. The van der Waals surface area contributed by atoms with Gasteiger partial charge in [0.2, 0.25) is 0 Å². The van der Waals surface area contributed by atoms with Gasteiger partial charge in [0.15, 0.2) is 0 Å². The molecule has 1 fully saturated rings. The Labute approximate surface area is 113 Å². The molecule has 1 N–H and O–H groups in total. The molecule has 1 aliphatic rings. The molecule has 0 aliphatic heterocycles. The van der Waals surface area contributed by atoms with Crippen LogP contribution in [0.25, 0.3) is 11.1 Å². The third-order valence-electron chi connectivity index (χ3n) is 3.52. The monoisotopic (exact) mass is 257 g/mol. The zero-order valence-electron chi connectivity index (χ0n) is 11.4. The second-order valence-electron chi connectivity index (χ2n) is 5.12. The molecule has 0 unspecified atom stereocenters. The van der Waals surface area contributed by atoms with Crippen LogP contribution < -0.4 is 10.1 Å². The van der Waals surface area contributed by atoms with E-state index < -0.39 is 0 Å². The van der Waals surface area contributed by atoms with Crippen molar-refractivity contribution in [2.75, 3.05) is 7.11 Å². The number of rotatable bonds is 5. The van der Waals surface area contributed by atoms with Crippen molar-refractivity contribution in [3.63, 3.8) is 0 Å². The molecule has 0 amide bonds. The minimum Gasteiger partial charge on any atom is -0.496 e. The average molecular weight is 257 g/mol. The van der Waals surface area contributed by atoms with Crippen LogP contribution >= 0.6 is 0 Å². The first-order valence-electron chi connectivity index (χ1n) is 6.72. The molecule has 0 bridgehead atoms. The molecule has 3 heteroatoms. The van der Waals surface area contributed by atoms with Crippen molar-refractivity contribution in [2.45, 2.75) is 32.4 Å². The van der Waals surface area contributed by atoms with E-state index in [0.717, 1.165) is 29.2 Å². The fourth-order valence-corrected chi connectivity index (χ4v) is 2.27. The molecule has 0 radical (unpaired) electrons. The summed E-state index contributed by atoms with van der Waals surface area (Å²) in [7, 11) is 1.70. The molecule has 1 aromatic carbocycles. The number of benzene rings is 1. The van der Waals surface area contributed by atoms with Crippen LogP contribution in [0.1, 0.15) is 24.2 Å². The van der Waals surface area contributed by atoms with Crippen LogP contribution in [0, 0.1) is 6.92 Å². The zero-order chi connectivity index (χ0) is 13.2. The standard InChI is InChI=1S/C16H19NO2/c1-11-3-6-15(18-2)14(9-11)13-7-8-19-16(13)10-17-12-4-5-12/h3,6-9,12,17H,4-5,10H2,1-2H3. The Kier molecular flexibility index (Phi) is 3.30. The van der Waals surface area contributed by atoms with Crippen LogP contribution in [0.5, 0.6) is 5.75 Å². The number of ether oxygens (including phenoxy) is 1. The molecule has 0 atom stereocenters. The second kappa shape index (κ2) is 5.10. The van der Waals surface area contributed by atoms with Gasteiger partial charge in [0.25, 0.3) is 0 Å². The number of aryl methyl sites for hydroxylation is 1. The van der Waals surface area contributed by atoms with Crippen LogP contribution in [0.3, 0.4) is 0 Å². The van der Waals surface area contributed by atoms with E-state index in [9.17, 15) is 0 Å². The Bertz CT molecular complexity index is 570. The van der Waals surface area contributed by atoms with Crippen LogP contribution in [-0.2, 0) is 6.54 Å². The third-order valence-corrected chi connectivity index (χ3v) is 3.52. The van der Waals surface area contributed by atoms with Crippen LogP contribution in [0.4, 0.5) is 0 Å².